The third kappa shape index (κ3) is 3.84. The molecule has 2 aromatic carbocycles. The maximum Gasteiger partial charge on any atom is 0.128 e. The number of benzene rings is 2. The fourth-order valence-corrected chi connectivity index (χ4v) is 2.97. The van der Waals surface area contributed by atoms with E-state index >= 15 is 0 Å². The molecule has 1 N–H and O–H groups in total. The van der Waals surface area contributed by atoms with Gasteiger partial charge in [-0.1, -0.05) is 44.8 Å². The quantitative estimate of drug-likeness (QED) is 0.735. The van der Waals surface area contributed by atoms with Crippen molar-refractivity contribution in [1.29, 1.82) is 0 Å². The van der Waals surface area contributed by atoms with Gasteiger partial charge in [0.25, 0.3) is 0 Å². The minimum absolute atomic E-state index is 0.242. The molecule has 2 nitrogen and oxygen atoms in total. The molecule has 0 spiro atoms. The van der Waals surface area contributed by atoms with Gasteiger partial charge in [0, 0.05) is 20.1 Å². The lowest BCUT2D eigenvalue weighted by atomic mass is 9.97. The zero-order valence-corrected chi connectivity index (χ0v) is 15.0. The molecule has 0 aromatic heterocycles. The summed E-state index contributed by atoms with van der Waals surface area (Å²) in [5.41, 5.74) is 1.49. The third-order valence-electron chi connectivity index (χ3n) is 3.18. The van der Waals surface area contributed by atoms with Gasteiger partial charge in [-0.3, -0.25) is 0 Å². The summed E-state index contributed by atoms with van der Waals surface area (Å²) in [5, 5.41) is 3.32. The fraction of sp³-hybridized carbons (Fsp3) is 0.250. The van der Waals surface area contributed by atoms with Crippen molar-refractivity contribution in [3.8, 4) is 5.75 Å². The first kappa shape index (κ1) is 16.5. The minimum atomic E-state index is -0.268. The van der Waals surface area contributed by atoms with Crippen LogP contribution in [0, 0.1) is 5.82 Å². The summed E-state index contributed by atoms with van der Waals surface area (Å²) in [7, 11) is 1.62. The SMILES string of the molecule is CCNC(c1cc(Br)ccc1F)c1ccc(Br)cc1OC. The largest absolute Gasteiger partial charge is 0.496 e. The van der Waals surface area contributed by atoms with Gasteiger partial charge in [-0.25, -0.2) is 4.39 Å². The van der Waals surface area contributed by atoms with Crippen LogP contribution < -0.4 is 10.1 Å². The molecule has 0 aliphatic rings. The first-order chi connectivity index (χ1) is 10.1. The molecule has 0 heterocycles. The Morgan fingerprint density at radius 3 is 2.43 bits per heavy atom. The Bertz CT molecular complexity index is 634. The lowest BCUT2D eigenvalue weighted by Crippen LogP contribution is -2.23. The molecule has 112 valence electrons. The van der Waals surface area contributed by atoms with Crippen molar-refractivity contribution in [1.82, 2.24) is 5.32 Å². The van der Waals surface area contributed by atoms with Crippen LogP contribution in [0.2, 0.25) is 0 Å². The number of hydrogen-bond acceptors (Lipinski definition) is 2. The molecule has 1 unspecified atom stereocenters. The first-order valence-corrected chi connectivity index (χ1v) is 8.17. The summed E-state index contributed by atoms with van der Waals surface area (Å²) >= 11 is 6.83. The Balaban J connectivity index is 2.55. The fourth-order valence-electron chi connectivity index (χ4n) is 2.25. The van der Waals surface area contributed by atoms with Crippen LogP contribution in [-0.4, -0.2) is 13.7 Å². The van der Waals surface area contributed by atoms with Crippen molar-refractivity contribution in [3.05, 3.63) is 62.3 Å². The zero-order valence-electron chi connectivity index (χ0n) is 11.8. The van der Waals surface area contributed by atoms with E-state index in [-0.39, 0.29) is 11.9 Å². The van der Waals surface area contributed by atoms with Gasteiger partial charge in [-0.05, 0) is 36.9 Å². The van der Waals surface area contributed by atoms with E-state index in [1.54, 1.807) is 19.2 Å². The second-order valence-electron chi connectivity index (χ2n) is 4.54. The van der Waals surface area contributed by atoms with Crippen molar-refractivity contribution in [3.63, 3.8) is 0 Å². The predicted molar refractivity (Wildman–Crippen MR) is 90.3 cm³/mol. The second kappa shape index (κ2) is 7.38. The molecule has 1 atom stereocenters. The van der Waals surface area contributed by atoms with Crippen LogP contribution in [-0.2, 0) is 0 Å². The normalized spacial score (nSPS) is 12.2. The molecule has 0 aliphatic heterocycles. The predicted octanol–water partition coefficient (Wildman–Crippen LogP) is 5.06. The maximum absolute atomic E-state index is 14.2. The highest BCUT2D eigenvalue weighted by molar-refractivity contribution is 9.10. The second-order valence-corrected chi connectivity index (χ2v) is 6.37. The Hall–Kier alpha value is -0.910. The molecule has 0 saturated heterocycles. The van der Waals surface area contributed by atoms with Crippen molar-refractivity contribution >= 4 is 31.9 Å². The topological polar surface area (TPSA) is 21.3 Å². The highest BCUT2D eigenvalue weighted by Gasteiger charge is 2.21. The highest BCUT2D eigenvalue weighted by atomic mass is 79.9. The molecular weight excluding hydrogens is 401 g/mol. The van der Waals surface area contributed by atoms with Gasteiger partial charge in [-0.15, -0.1) is 0 Å². The van der Waals surface area contributed by atoms with Gasteiger partial charge in [0.1, 0.15) is 11.6 Å². The van der Waals surface area contributed by atoms with Gasteiger partial charge in [-0.2, -0.15) is 0 Å². The standard InChI is InChI=1S/C16H16Br2FNO/c1-3-20-16(13-8-10(17)5-7-14(13)19)12-6-4-11(18)9-15(12)21-2/h4-9,16,20H,3H2,1-2H3. The Morgan fingerprint density at radius 1 is 1.10 bits per heavy atom. The van der Waals surface area contributed by atoms with Crippen molar-refractivity contribution in [2.45, 2.75) is 13.0 Å². The van der Waals surface area contributed by atoms with Gasteiger partial charge >= 0.3 is 0 Å². The lowest BCUT2D eigenvalue weighted by molar-refractivity contribution is 0.403. The van der Waals surface area contributed by atoms with E-state index in [1.807, 2.05) is 25.1 Å². The van der Waals surface area contributed by atoms with Gasteiger partial charge in [0.15, 0.2) is 0 Å². The number of rotatable bonds is 5. The summed E-state index contributed by atoms with van der Waals surface area (Å²) in [6.07, 6.45) is 0. The van der Waals surface area contributed by atoms with Gasteiger partial charge < -0.3 is 10.1 Å². The summed E-state index contributed by atoms with van der Waals surface area (Å²) in [5.74, 6) is 0.476. The number of methoxy groups -OCH3 is 1. The molecule has 0 fully saturated rings. The molecule has 21 heavy (non-hydrogen) atoms. The number of ether oxygens (including phenoxy) is 1. The maximum atomic E-state index is 14.2. The molecule has 0 aliphatic carbocycles. The van der Waals surface area contributed by atoms with Crippen molar-refractivity contribution in [2.75, 3.05) is 13.7 Å². The molecule has 0 saturated carbocycles. The number of nitrogens with one attached hydrogen (secondary N) is 1. The van der Waals surface area contributed by atoms with Crippen LogP contribution in [0.3, 0.4) is 0 Å². The van der Waals surface area contributed by atoms with Gasteiger partial charge in [0.2, 0.25) is 0 Å². The van der Waals surface area contributed by atoms with Crippen molar-refractivity contribution < 1.29 is 9.13 Å². The zero-order chi connectivity index (χ0) is 15.4. The Labute approximate surface area is 141 Å². The van der Waals surface area contributed by atoms with E-state index in [9.17, 15) is 4.39 Å². The van der Waals surface area contributed by atoms with E-state index in [0.29, 0.717) is 5.56 Å². The summed E-state index contributed by atoms with van der Waals surface area (Å²) in [6.45, 7) is 2.71. The van der Waals surface area contributed by atoms with Crippen LogP contribution in [0.15, 0.2) is 45.3 Å². The molecular formula is C16H16Br2FNO. The van der Waals surface area contributed by atoms with Crippen LogP contribution in [0.1, 0.15) is 24.1 Å². The van der Waals surface area contributed by atoms with E-state index in [4.69, 9.17) is 4.74 Å². The number of halogens is 3. The van der Waals surface area contributed by atoms with Crippen LogP contribution in [0.5, 0.6) is 5.75 Å². The lowest BCUT2D eigenvalue weighted by Gasteiger charge is -2.22. The summed E-state index contributed by atoms with van der Waals surface area (Å²) < 4.78 is 21.4. The third-order valence-corrected chi connectivity index (χ3v) is 4.17. The molecule has 5 heteroatoms. The average Bonchev–Trinajstić information content (AvgIpc) is 2.48. The Morgan fingerprint density at radius 2 is 1.76 bits per heavy atom. The van der Waals surface area contributed by atoms with E-state index in [1.165, 1.54) is 6.07 Å². The number of hydrogen-bond donors (Lipinski definition) is 1. The first-order valence-electron chi connectivity index (χ1n) is 6.58. The van der Waals surface area contributed by atoms with E-state index in [0.717, 1.165) is 26.8 Å². The average molecular weight is 417 g/mol. The molecule has 2 aromatic rings. The summed E-state index contributed by atoms with van der Waals surface area (Å²) in [6, 6.07) is 10.4. The Kier molecular flexibility index (Phi) is 5.79. The molecule has 0 radical (unpaired) electrons. The van der Waals surface area contributed by atoms with Gasteiger partial charge in [0.05, 0.1) is 13.2 Å². The van der Waals surface area contributed by atoms with Crippen molar-refractivity contribution in [2.24, 2.45) is 0 Å². The molecule has 0 amide bonds. The monoisotopic (exact) mass is 415 g/mol. The molecule has 0 bridgehead atoms. The van der Waals surface area contributed by atoms with E-state index in [2.05, 4.69) is 37.2 Å². The van der Waals surface area contributed by atoms with Crippen LogP contribution >= 0.6 is 31.9 Å². The summed E-state index contributed by atoms with van der Waals surface area (Å²) in [4.78, 5) is 0. The smallest absolute Gasteiger partial charge is 0.128 e. The van der Waals surface area contributed by atoms with Crippen LogP contribution in [0.25, 0.3) is 0 Å². The molecule has 2 rings (SSSR count). The highest BCUT2D eigenvalue weighted by Crippen LogP contribution is 2.34. The minimum Gasteiger partial charge on any atom is -0.496 e. The van der Waals surface area contributed by atoms with Crippen LogP contribution in [0.4, 0.5) is 4.39 Å². The van der Waals surface area contributed by atoms with E-state index < -0.39 is 0 Å².